The molecule has 2 amide bonds. The van der Waals surface area contributed by atoms with Gasteiger partial charge in [-0.15, -0.1) is 0 Å². The molecule has 1 aromatic carbocycles. The molecule has 1 fully saturated rings. The van der Waals surface area contributed by atoms with E-state index in [1.54, 1.807) is 29.3 Å². The molecule has 0 radical (unpaired) electrons. The number of ether oxygens (including phenoxy) is 2. The van der Waals surface area contributed by atoms with Crippen LogP contribution >= 0.6 is 11.3 Å². The minimum absolute atomic E-state index is 0.0127. The largest absolute Gasteiger partial charge is 0.497 e. The standard InChI is InChI=1S/C25H30N4O4S/c1-25(2,3)33-24(31)28-12-9-18(10-13-28)22(30)29(16-17-6-5-11-26-15-17)23-27-20-8-7-19(32-4)14-21(20)34-23/h5-8,11,14-15,18H,9-10,12-13,16H2,1-4H3. The van der Waals surface area contributed by atoms with Crippen LogP contribution in [0.3, 0.4) is 0 Å². The molecule has 0 unspecified atom stereocenters. The van der Waals surface area contributed by atoms with E-state index in [1.165, 1.54) is 11.3 Å². The number of methoxy groups -OCH3 is 1. The van der Waals surface area contributed by atoms with Crippen molar-refractivity contribution in [2.75, 3.05) is 25.1 Å². The number of fused-ring (bicyclic) bond motifs is 1. The first-order chi connectivity index (χ1) is 16.2. The number of carbonyl (C=O) groups is 2. The van der Waals surface area contributed by atoms with E-state index >= 15 is 0 Å². The third kappa shape index (κ3) is 5.64. The van der Waals surface area contributed by atoms with E-state index < -0.39 is 5.60 Å². The lowest BCUT2D eigenvalue weighted by Gasteiger charge is -2.34. The SMILES string of the molecule is COc1ccc2nc(N(Cc3cccnc3)C(=O)C3CCN(C(=O)OC(C)(C)C)CC3)sc2c1. The van der Waals surface area contributed by atoms with Crippen molar-refractivity contribution in [2.45, 2.75) is 45.8 Å². The first kappa shape index (κ1) is 23.9. The second-order valence-electron chi connectivity index (χ2n) is 9.36. The Balaban J connectivity index is 1.54. The molecule has 8 nitrogen and oxygen atoms in total. The van der Waals surface area contributed by atoms with Gasteiger partial charge in [-0.05, 0) is 63.4 Å². The van der Waals surface area contributed by atoms with Crippen LogP contribution in [-0.2, 0) is 16.1 Å². The second kappa shape index (κ2) is 9.97. The monoisotopic (exact) mass is 482 g/mol. The highest BCUT2D eigenvalue weighted by molar-refractivity contribution is 7.22. The zero-order valence-corrected chi connectivity index (χ0v) is 20.8. The van der Waals surface area contributed by atoms with Gasteiger partial charge in [0.2, 0.25) is 5.91 Å². The number of piperidine rings is 1. The molecule has 1 saturated heterocycles. The maximum atomic E-state index is 13.7. The smallest absolute Gasteiger partial charge is 0.410 e. The van der Waals surface area contributed by atoms with Crippen molar-refractivity contribution in [2.24, 2.45) is 5.92 Å². The van der Waals surface area contributed by atoms with Crippen molar-refractivity contribution in [3.63, 3.8) is 0 Å². The number of carbonyl (C=O) groups excluding carboxylic acids is 2. The lowest BCUT2D eigenvalue weighted by Crippen LogP contribution is -2.45. The van der Waals surface area contributed by atoms with E-state index in [0.717, 1.165) is 21.5 Å². The van der Waals surface area contributed by atoms with Crippen LogP contribution in [0.25, 0.3) is 10.2 Å². The van der Waals surface area contributed by atoms with Gasteiger partial charge >= 0.3 is 6.09 Å². The summed E-state index contributed by atoms with van der Waals surface area (Å²) in [6.45, 7) is 6.92. The third-order valence-corrected chi connectivity index (χ3v) is 6.68. The molecule has 3 heterocycles. The number of thiazole rings is 1. The Bertz CT molecular complexity index is 1150. The fraction of sp³-hybridized carbons (Fsp3) is 0.440. The molecule has 0 N–H and O–H groups in total. The summed E-state index contributed by atoms with van der Waals surface area (Å²) in [5.41, 5.74) is 1.21. The van der Waals surface area contributed by atoms with Gasteiger partial charge in [-0.2, -0.15) is 0 Å². The van der Waals surface area contributed by atoms with Gasteiger partial charge in [0.05, 0.1) is 23.9 Å². The van der Waals surface area contributed by atoms with Crippen LogP contribution in [0.1, 0.15) is 39.2 Å². The molecule has 1 aliphatic heterocycles. The molecule has 1 aliphatic rings. The minimum Gasteiger partial charge on any atom is -0.497 e. The quantitative estimate of drug-likeness (QED) is 0.515. The van der Waals surface area contributed by atoms with Crippen LogP contribution < -0.4 is 9.64 Å². The van der Waals surface area contributed by atoms with E-state index in [-0.39, 0.29) is 17.9 Å². The van der Waals surface area contributed by atoms with Gasteiger partial charge in [-0.25, -0.2) is 9.78 Å². The summed E-state index contributed by atoms with van der Waals surface area (Å²) in [7, 11) is 1.63. The van der Waals surface area contributed by atoms with E-state index in [9.17, 15) is 9.59 Å². The van der Waals surface area contributed by atoms with Crippen LogP contribution in [0.5, 0.6) is 5.75 Å². The number of aromatic nitrogens is 2. The van der Waals surface area contributed by atoms with Crippen LogP contribution in [0, 0.1) is 5.92 Å². The van der Waals surface area contributed by atoms with Gasteiger partial charge in [0.25, 0.3) is 0 Å². The average Bonchev–Trinajstić information content (AvgIpc) is 3.24. The van der Waals surface area contributed by atoms with Crippen molar-refractivity contribution in [3.8, 4) is 5.75 Å². The van der Waals surface area contributed by atoms with Crippen molar-refractivity contribution in [3.05, 3.63) is 48.3 Å². The Kier molecular flexibility index (Phi) is 7.02. The molecule has 2 aromatic heterocycles. The topological polar surface area (TPSA) is 84.9 Å². The summed E-state index contributed by atoms with van der Waals surface area (Å²) < 4.78 is 11.8. The molecular formula is C25H30N4O4S. The molecule has 9 heteroatoms. The molecular weight excluding hydrogens is 452 g/mol. The van der Waals surface area contributed by atoms with Crippen LogP contribution in [0.15, 0.2) is 42.7 Å². The lowest BCUT2D eigenvalue weighted by molar-refractivity contribution is -0.124. The summed E-state index contributed by atoms with van der Waals surface area (Å²) in [4.78, 5) is 38.5. The Labute approximate surface area is 203 Å². The highest BCUT2D eigenvalue weighted by Gasteiger charge is 2.33. The zero-order valence-electron chi connectivity index (χ0n) is 20.0. The Morgan fingerprint density at radius 2 is 1.97 bits per heavy atom. The Morgan fingerprint density at radius 1 is 1.21 bits per heavy atom. The van der Waals surface area contributed by atoms with E-state index in [0.29, 0.717) is 37.6 Å². The van der Waals surface area contributed by atoms with Crippen LogP contribution in [-0.4, -0.2) is 52.7 Å². The van der Waals surface area contributed by atoms with Crippen LogP contribution in [0.2, 0.25) is 0 Å². The van der Waals surface area contributed by atoms with Gasteiger partial charge in [-0.1, -0.05) is 17.4 Å². The summed E-state index contributed by atoms with van der Waals surface area (Å²) >= 11 is 1.47. The average molecular weight is 483 g/mol. The first-order valence-electron chi connectivity index (χ1n) is 11.4. The lowest BCUT2D eigenvalue weighted by atomic mass is 9.95. The predicted octanol–water partition coefficient (Wildman–Crippen LogP) is 4.88. The highest BCUT2D eigenvalue weighted by Crippen LogP contribution is 2.34. The molecule has 0 aliphatic carbocycles. The Morgan fingerprint density at radius 3 is 2.62 bits per heavy atom. The summed E-state index contributed by atoms with van der Waals surface area (Å²) in [5.74, 6) is 0.568. The predicted molar refractivity (Wildman–Crippen MR) is 132 cm³/mol. The third-order valence-electron chi connectivity index (χ3n) is 5.64. The number of anilines is 1. The van der Waals surface area contributed by atoms with E-state index in [4.69, 9.17) is 14.5 Å². The highest BCUT2D eigenvalue weighted by atomic mass is 32.1. The first-order valence-corrected chi connectivity index (χ1v) is 12.2. The van der Waals surface area contributed by atoms with Gasteiger partial charge in [0.1, 0.15) is 11.4 Å². The van der Waals surface area contributed by atoms with Crippen LogP contribution in [0.4, 0.5) is 9.93 Å². The summed E-state index contributed by atoms with van der Waals surface area (Å²) in [6, 6.07) is 9.52. The van der Waals surface area contributed by atoms with Crippen molar-refractivity contribution in [1.82, 2.24) is 14.9 Å². The number of hydrogen-bond acceptors (Lipinski definition) is 7. The van der Waals surface area contributed by atoms with Crippen molar-refractivity contribution >= 4 is 38.7 Å². The van der Waals surface area contributed by atoms with Gasteiger partial charge < -0.3 is 14.4 Å². The summed E-state index contributed by atoms with van der Waals surface area (Å²) in [6.07, 6.45) is 4.32. The van der Waals surface area contributed by atoms with Crippen molar-refractivity contribution in [1.29, 1.82) is 0 Å². The summed E-state index contributed by atoms with van der Waals surface area (Å²) in [5, 5.41) is 0.645. The maximum absolute atomic E-state index is 13.7. The molecule has 0 saturated carbocycles. The number of benzene rings is 1. The molecule has 0 atom stereocenters. The fourth-order valence-electron chi connectivity index (χ4n) is 3.91. The van der Waals surface area contributed by atoms with E-state index in [2.05, 4.69) is 4.98 Å². The second-order valence-corrected chi connectivity index (χ2v) is 10.4. The molecule has 34 heavy (non-hydrogen) atoms. The van der Waals surface area contributed by atoms with Crippen molar-refractivity contribution < 1.29 is 19.1 Å². The zero-order chi connectivity index (χ0) is 24.3. The number of likely N-dealkylation sites (tertiary alicyclic amines) is 1. The number of nitrogens with zero attached hydrogens (tertiary/aromatic N) is 4. The Hall–Kier alpha value is -3.20. The van der Waals surface area contributed by atoms with Gasteiger partial charge in [-0.3, -0.25) is 14.7 Å². The minimum atomic E-state index is -0.542. The molecule has 4 rings (SSSR count). The molecule has 3 aromatic rings. The van der Waals surface area contributed by atoms with Gasteiger partial charge in [0.15, 0.2) is 5.13 Å². The number of amides is 2. The van der Waals surface area contributed by atoms with Gasteiger partial charge in [0, 0.05) is 31.4 Å². The molecule has 0 bridgehead atoms. The molecule has 0 spiro atoms. The number of rotatable bonds is 5. The normalized spacial score (nSPS) is 14.8. The number of hydrogen-bond donors (Lipinski definition) is 0. The number of pyridine rings is 1. The van der Waals surface area contributed by atoms with E-state index in [1.807, 2.05) is 51.1 Å². The molecule has 180 valence electrons. The fourth-order valence-corrected chi connectivity index (χ4v) is 4.90. The maximum Gasteiger partial charge on any atom is 0.410 e.